The Bertz CT molecular complexity index is 352. The Labute approximate surface area is 86.7 Å². The van der Waals surface area contributed by atoms with Crippen molar-refractivity contribution >= 4 is 17.4 Å². The Balaban J connectivity index is 2.04. The van der Waals surface area contributed by atoms with Crippen molar-refractivity contribution in [1.82, 2.24) is 9.97 Å². The molecule has 1 fully saturated rings. The summed E-state index contributed by atoms with van der Waals surface area (Å²) in [5.41, 5.74) is 0.309. The predicted molar refractivity (Wildman–Crippen MR) is 52.8 cm³/mol. The Morgan fingerprint density at radius 2 is 2.36 bits per heavy atom. The van der Waals surface area contributed by atoms with Crippen LogP contribution in [0.1, 0.15) is 19.8 Å². The number of anilines is 1. The number of nitrogens with one attached hydrogen (secondary N) is 1. The molecule has 2 rings (SSSR count). The molecule has 1 aromatic heterocycles. The van der Waals surface area contributed by atoms with Crippen LogP contribution in [0, 0.1) is 11.2 Å². The third kappa shape index (κ3) is 2.12. The molecular weight excluding hydrogens is 205 g/mol. The van der Waals surface area contributed by atoms with Gasteiger partial charge in [0.2, 0.25) is 5.28 Å². The zero-order valence-electron chi connectivity index (χ0n) is 7.85. The molecule has 1 saturated carbocycles. The van der Waals surface area contributed by atoms with E-state index in [0.29, 0.717) is 5.41 Å². The average molecular weight is 216 g/mol. The highest BCUT2D eigenvalue weighted by atomic mass is 35.5. The van der Waals surface area contributed by atoms with Gasteiger partial charge in [0.05, 0.1) is 6.20 Å². The van der Waals surface area contributed by atoms with Crippen LogP contribution in [0.2, 0.25) is 5.28 Å². The molecule has 5 heteroatoms. The SMILES string of the molecule is CC1(CNc2nc(Cl)ncc2F)CC1. The van der Waals surface area contributed by atoms with E-state index in [1.54, 1.807) is 0 Å². The number of hydrogen-bond acceptors (Lipinski definition) is 3. The topological polar surface area (TPSA) is 37.8 Å². The van der Waals surface area contributed by atoms with Crippen molar-refractivity contribution in [2.75, 3.05) is 11.9 Å². The summed E-state index contributed by atoms with van der Waals surface area (Å²) >= 11 is 5.55. The van der Waals surface area contributed by atoms with Gasteiger partial charge < -0.3 is 5.32 Å². The Morgan fingerprint density at radius 3 is 3.00 bits per heavy atom. The zero-order valence-corrected chi connectivity index (χ0v) is 8.60. The first kappa shape index (κ1) is 9.65. The van der Waals surface area contributed by atoms with E-state index in [9.17, 15) is 4.39 Å². The fourth-order valence-corrected chi connectivity index (χ4v) is 1.29. The van der Waals surface area contributed by atoms with Gasteiger partial charge in [0, 0.05) is 6.54 Å². The number of nitrogens with zero attached hydrogens (tertiary/aromatic N) is 2. The minimum atomic E-state index is -0.460. The highest BCUT2D eigenvalue weighted by Crippen LogP contribution is 2.44. The second-order valence-corrected chi connectivity index (χ2v) is 4.34. The molecular formula is C9H11ClFN3. The van der Waals surface area contributed by atoms with Crippen LogP contribution in [0.5, 0.6) is 0 Å². The maximum absolute atomic E-state index is 13.1. The van der Waals surface area contributed by atoms with E-state index in [-0.39, 0.29) is 11.1 Å². The largest absolute Gasteiger partial charge is 0.367 e. The second kappa shape index (κ2) is 3.35. The number of halogens is 2. The number of hydrogen-bond donors (Lipinski definition) is 1. The normalized spacial score (nSPS) is 17.9. The summed E-state index contributed by atoms with van der Waals surface area (Å²) in [5.74, 6) is -0.267. The van der Waals surface area contributed by atoms with E-state index in [0.717, 1.165) is 12.7 Å². The second-order valence-electron chi connectivity index (χ2n) is 4.00. The van der Waals surface area contributed by atoms with Crippen LogP contribution < -0.4 is 5.32 Å². The average Bonchev–Trinajstić information content (AvgIpc) is 2.87. The van der Waals surface area contributed by atoms with Gasteiger partial charge >= 0.3 is 0 Å². The first-order valence-electron chi connectivity index (χ1n) is 4.51. The van der Waals surface area contributed by atoms with Crippen LogP contribution in [0.15, 0.2) is 6.20 Å². The van der Waals surface area contributed by atoms with E-state index in [1.807, 2.05) is 0 Å². The molecule has 0 atom stereocenters. The number of rotatable bonds is 3. The molecule has 1 aromatic rings. The maximum atomic E-state index is 13.1. The van der Waals surface area contributed by atoms with Crippen LogP contribution >= 0.6 is 11.6 Å². The summed E-state index contributed by atoms with van der Waals surface area (Å²) in [7, 11) is 0. The lowest BCUT2D eigenvalue weighted by molar-refractivity contribution is 0.589. The number of aromatic nitrogens is 2. The van der Waals surface area contributed by atoms with Gasteiger partial charge in [-0.05, 0) is 29.9 Å². The van der Waals surface area contributed by atoms with E-state index >= 15 is 0 Å². The van der Waals surface area contributed by atoms with Crippen molar-refractivity contribution in [3.8, 4) is 0 Å². The van der Waals surface area contributed by atoms with Crippen LogP contribution in [-0.4, -0.2) is 16.5 Å². The molecule has 0 spiro atoms. The molecule has 0 aromatic carbocycles. The summed E-state index contributed by atoms with van der Waals surface area (Å²) in [5, 5.41) is 3.01. The van der Waals surface area contributed by atoms with E-state index in [1.165, 1.54) is 12.8 Å². The van der Waals surface area contributed by atoms with Gasteiger partial charge in [0.25, 0.3) is 0 Å². The molecule has 0 radical (unpaired) electrons. The fraction of sp³-hybridized carbons (Fsp3) is 0.556. The summed E-state index contributed by atoms with van der Waals surface area (Å²) in [6.45, 7) is 2.89. The van der Waals surface area contributed by atoms with Crippen LogP contribution in [0.25, 0.3) is 0 Å². The third-order valence-corrected chi connectivity index (χ3v) is 2.68. The smallest absolute Gasteiger partial charge is 0.224 e. The van der Waals surface area contributed by atoms with Gasteiger partial charge in [-0.25, -0.2) is 9.37 Å². The van der Waals surface area contributed by atoms with Crippen LogP contribution in [-0.2, 0) is 0 Å². The molecule has 14 heavy (non-hydrogen) atoms. The van der Waals surface area contributed by atoms with Crippen molar-refractivity contribution in [1.29, 1.82) is 0 Å². The predicted octanol–water partition coefficient (Wildman–Crippen LogP) is 2.48. The summed E-state index contributed by atoms with van der Waals surface area (Å²) in [4.78, 5) is 7.31. The van der Waals surface area contributed by atoms with Crippen LogP contribution in [0.3, 0.4) is 0 Å². The Hall–Kier alpha value is -0.900. The molecule has 1 aliphatic rings. The quantitative estimate of drug-likeness (QED) is 0.788. The van der Waals surface area contributed by atoms with Gasteiger partial charge in [-0.15, -0.1) is 0 Å². The molecule has 0 bridgehead atoms. The van der Waals surface area contributed by atoms with Gasteiger partial charge in [-0.1, -0.05) is 6.92 Å². The Morgan fingerprint density at radius 1 is 1.64 bits per heavy atom. The first-order valence-corrected chi connectivity index (χ1v) is 4.89. The monoisotopic (exact) mass is 215 g/mol. The van der Waals surface area contributed by atoms with Crippen molar-refractivity contribution in [2.45, 2.75) is 19.8 Å². The molecule has 1 aliphatic carbocycles. The van der Waals surface area contributed by atoms with E-state index in [2.05, 4.69) is 22.2 Å². The van der Waals surface area contributed by atoms with Gasteiger partial charge in [-0.3, -0.25) is 0 Å². The molecule has 0 amide bonds. The summed E-state index contributed by atoms with van der Waals surface area (Å²) < 4.78 is 13.1. The van der Waals surface area contributed by atoms with Gasteiger partial charge in [0.15, 0.2) is 11.6 Å². The fourth-order valence-electron chi connectivity index (χ4n) is 1.16. The third-order valence-electron chi connectivity index (χ3n) is 2.50. The van der Waals surface area contributed by atoms with Gasteiger partial charge in [0.1, 0.15) is 0 Å². The van der Waals surface area contributed by atoms with Crippen molar-refractivity contribution < 1.29 is 4.39 Å². The highest BCUT2D eigenvalue weighted by Gasteiger charge is 2.37. The van der Waals surface area contributed by atoms with Crippen molar-refractivity contribution in [3.63, 3.8) is 0 Å². The molecule has 3 nitrogen and oxygen atoms in total. The lowest BCUT2D eigenvalue weighted by atomic mass is 10.1. The van der Waals surface area contributed by atoms with E-state index < -0.39 is 5.82 Å². The zero-order chi connectivity index (χ0) is 10.2. The first-order chi connectivity index (χ1) is 6.59. The van der Waals surface area contributed by atoms with Crippen LogP contribution in [0.4, 0.5) is 10.2 Å². The van der Waals surface area contributed by atoms with E-state index in [4.69, 9.17) is 11.6 Å². The lowest BCUT2D eigenvalue weighted by Gasteiger charge is -2.10. The molecule has 0 unspecified atom stereocenters. The lowest BCUT2D eigenvalue weighted by Crippen LogP contribution is -2.14. The molecule has 1 heterocycles. The highest BCUT2D eigenvalue weighted by molar-refractivity contribution is 6.28. The maximum Gasteiger partial charge on any atom is 0.224 e. The summed E-state index contributed by atoms with van der Waals surface area (Å²) in [6.07, 6.45) is 3.44. The van der Waals surface area contributed by atoms with Crippen molar-refractivity contribution in [2.24, 2.45) is 5.41 Å². The summed E-state index contributed by atoms with van der Waals surface area (Å²) in [6, 6.07) is 0. The standard InChI is InChI=1S/C9H11ClFN3/c1-9(2-3-9)5-13-7-6(11)4-12-8(10)14-7/h4H,2-3,5H2,1H3,(H,12,13,14). The minimum absolute atomic E-state index is 0.0647. The van der Waals surface area contributed by atoms with Crippen molar-refractivity contribution in [3.05, 3.63) is 17.3 Å². The Kier molecular flexibility index (Phi) is 2.31. The molecule has 0 saturated heterocycles. The molecule has 1 N–H and O–H groups in total. The minimum Gasteiger partial charge on any atom is -0.367 e. The molecule has 76 valence electrons. The van der Waals surface area contributed by atoms with Gasteiger partial charge in [-0.2, -0.15) is 4.98 Å². The molecule has 0 aliphatic heterocycles.